The zero-order valence-electron chi connectivity index (χ0n) is 17.8. The summed E-state index contributed by atoms with van der Waals surface area (Å²) < 4.78 is 18.1. The Balaban J connectivity index is 1.71. The lowest BCUT2D eigenvalue weighted by Gasteiger charge is -2.24. The number of ether oxygens (including phenoxy) is 3. The smallest absolute Gasteiger partial charge is 0.338 e. The van der Waals surface area contributed by atoms with Crippen molar-refractivity contribution in [1.82, 2.24) is 4.57 Å². The van der Waals surface area contributed by atoms with Gasteiger partial charge in [0.2, 0.25) is 6.79 Å². The minimum absolute atomic E-state index is 0.129. The summed E-state index contributed by atoms with van der Waals surface area (Å²) in [6.45, 7) is 3.86. The highest BCUT2D eigenvalue weighted by atomic mass is 35.5. The van der Waals surface area contributed by atoms with E-state index in [0.717, 1.165) is 5.56 Å². The van der Waals surface area contributed by atoms with Crippen LogP contribution in [0.3, 0.4) is 0 Å². The molecule has 0 fully saturated rings. The first-order valence-corrected chi connectivity index (χ1v) is 11.5. The molecule has 2 aromatic carbocycles. The Labute approximate surface area is 197 Å². The predicted molar refractivity (Wildman–Crippen MR) is 124 cm³/mol. The molecule has 7 nitrogen and oxygen atoms in total. The normalized spacial score (nSPS) is 17.1. The molecule has 0 amide bonds. The first-order chi connectivity index (χ1) is 16.0. The van der Waals surface area contributed by atoms with E-state index in [4.69, 9.17) is 25.8 Å². The molecule has 0 aliphatic carbocycles. The molecule has 9 heteroatoms. The first-order valence-electron chi connectivity index (χ1n) is 10.3. The van der Waals surface area contributed by atoms with E-state index in [9.17, 15) is 9.59 Å². The van der Waals surface area contributed by atoms with Crippen LogP contribution in [0.15, 0.2) is 63.5 Å². The van der Waals surface area contributed by atoms with Gasteiger partial charge in [-0.15, -0.1) is 0 Å². The molecule has 0 saturated carbocycles. The second kappa shape index (κ2) is 8.53. The number of allylic oxidation sites excluding steroid dienone is 1. The predicted octanol–water partition coefficient (Wildman–Crippen LogP) is 3.18. The van der Waals surface area contributed by atoms with E-state index in [1.165, 1.54) is 11.3 Å². The van der Waals surface area contributed by atoms with Gasteiger partial charge in [-0.3, -0.25) is 9.36 Å². The molecule has 0 saturated heterocycles. The number of rotatable bonds is 4. The van der Waals surface area contributed by atoms with E-state index in [1.54, 1.807) is 36.6 Å². The van der Waals surface area contributed by atoms with E-state index < -0.39 is 12.0 Å². The lowest BCUT2D eigenvalue weighted by Crippen LogP contribution is -2.39. The third-order valence-electron chi connectivity index (χ3n) is 5.41. The van der Waals surface area contributed by atoms with Gasteiger partial charge in [-0.25, -0.2) is 9.79 Å². The zero-order chi connectivity index (χ0) is 23.1. The number of fused-ring (bicyclic) bond motifs is 2. The summed E-state index contributed by atoms with van der Waals surface area (Å²) in [6.07, 6.45) is 1.71. The fourth-order valence-electron chi connectivity index (χ4n) is 3.93. The van der Waals surface area contributed by atoms with E-state index in [-0.39, 0.29) is 19.0 Å². The molecule has 0 N–H and O–H groups in total. The summed E-state index contributed by atoms with van der Waals surface area (Å²) >= 11 is 7.66. The molecule has 1 atom stereocenters. The van der Waals surface area contributed by atoms with E-state index in [2.05, 4.69) is 4.99 Å². The Hall–Kier alpha value is -3.36. The maximum absolute atomic E-state index is 13.6. The number of carbonyl (C=O) groups is 1. The Kier molecular flexibility index (Phi) is 5.55. The zero-order valence-corrected chi connectivity index (χ0v) is 19.4. The van der Waals surface area contributed by atoms with Gasteiger partial charge in [0, 0.05) is 6.07 Å². The fraction of sp³-hybridized carbons (Fsp3) is 0.208. The van der Waals surface area contributed by atoms with Crippen molar-refractivity contribution in [3.05, 3.63) is 89.6 Å². The average molecular weight is 483 g/mol. The number of thiazole rings is 1. The van der Waals surface area contributed by atoms with Crippen molar-refractivity contribution in [2.75, 3.05) is 13.4 Å². The van der Waals surface area contributed by atoms with Gasteiger partial charge in [0.15, 0.2) is 16.3 Å². The van der Waals surface area contributed by atoms with Crippen LogP contribution < -0.4 is 24.4 Å². The van der Waals surface area contributed by atoms with E-state index >= 15 is 0 Å². The Bertz CT molecular complexity index is 1470. The third-order valence-corrected chi connectivity index (χ3v) is 6.72. The molecule has 5 rings (SSSR count). The van der Waals surface area contributed by atoms with Crippen LogP contribution in [-0.2, 0) is 9.53 Å². The Morgan fingerprint density at radius 3 is 2.73 bits per heavy atom. The largest absolute Gasteiger partial charge is 0.463 e. The fourth-order valence-corrected chi connectivity index (χ4v) is 5.17. The van der Waals surface area contributed by atoms with Gasteiger partial charge in [0.25, 0.3) is 5.56 Å². The number of carbonyl (C=O) groups excluding carboxylic acids is 1. The van der Waals surface area contributed by atoms with Crippen LogP contribution in [0.4, 0.5) is 0 Å². The molecule has 3 heterocycles. The summed E-state index contributed by atoms with van der Waals surface area (Å²) in [4.78, 5) is 31.5. The van der Waals surface area contributed by atoms with E-state index in [0.29, 0.717) is 42.7 Å². The monoisotopic (exact) mass is 482 g/mol. The number of benzene rings is 2. The van der Waals surface area contributed by atoms with Crippen molar-refractivity contribution in [3.63, 3.8) is 0 Å². The van der Waals surface area contributed by atoms with Crippen LogP contribution >= 0.6 is 22.9 Å². The number of nitrogens with zero attached hydrogens (tertiary/aromatic N) is 2. The maximum atomic E-state index is 13.6. The second-order valence-electron chi connectivity index (χ2n) is 7.44. The molecule has 0 bridgehead atoms. The number of hydrogen-bond donors (Lipinski definition) is 0. The van der Waals surface area contributed by atoms with Crippen molar-refractivity contribution in [1.29, 1.82) is 0 Å². The SMILES string of the molecule is CCOC(=O)C1=C(C)N=c2sc(=Cc3cc4c(cc3Cl)OCO4)c(=O)n2[C@H]1c1ccccc1. The van der Waals surface area contributed by atoms with Gasteiger partial charge in [-0.1, -0.05) is 53.3 Å². The molecule has 33 heavy (non-hydrogen) atoms. The molecule has 0 unspecified atom stereocenters. The van der Waals surface area contributed by atoms with Gasteiger partial charge in [0.05, 0.1) is 33.5 Å². The molecular weight excluding hydrogens is 464 g/mol. The summed E-state index contributed by atoms with van der Waals surface area (Å²) in [5, 5.41) is 0.438. The minimum atomic E-state index is -0.643. The quantitative estimate of drug-likeness (QED) is 0.534. The molecule has 2 aliphatic rings. The first kappa shape index (κ1) is 21.5. The molecule has 0 radical (unpaired) electrons. The standard InChI is InChI=1S/C24H19ClN2O5S/c1-3-30-23(29)20-13(2)26-24-27(21(20)14-7-5-4-6-8-14)22(28)19(33-24)10-15-9-17-18(11-16(15)25)32-12-31-17/h4-11,21H,3,12H2,1-2H3/t21-/m0/s1. The molecular formula is C24H19ClN2O5S. The highest BCUT2D eigenvalue weighted by Crippen LogP contribution is 2.37. The van der Waals surface area contributed by atoms with Crippen LogP contribution in [-0.4, -0.2) is 23.9 Å². The number of esters is 1. The molecule has 2 aliphatic heterocycles. The van der Waals surface area contributed by atoms with Gasteiger partial charge < -0.3 is 14.2 Å². The molecule has 3 aromatic rings. The van der Waals surface area contributed by atoms with Crippen LogP contribution in [0.5, 0.6) is 11.5 Å². The second-order valence-corrected chi connectivity index (χ2v) is 8.86. The summed E-state index contributed by atoms with van der Waals surface area (Å²) in [6, 6.07) is 12.2. The summed E-state index contributed by atoms with van der Waals surface area (Å²) in [7, 11) is 0. The van der Waals surface area contributed by atoms with Crippen LogP contribution in [0, 0.1) is 0 Å². The van der Waals surface area contributed by atoms with Crippen molar-refractivity contribution in [2.45, 2.75) is 19.9 Å². The lowest BCUT2D eigenvalue weighted by molar-refractivity contribution is -0.139. The molecule has 168 valence electrons. The van der Waals surface area contributed by atoms with Crippen molar-refractivity contribution in [2.24, 2.45) is 4.99 Å². The highest BCUT2D eigenvalue weighted by Gasteiger charge is 2.33. The van der Waals surface area contributed by atoms with Gasteiger partial charge in [0.1, 0.15) is 0 Å². The van der Waals surface area contributed by atoms with Crippen molar-refractivity contribution >= 4 is 35.0 Å². The van der Waals surface area contributed by atoms with E-state index in [1.807, 2.05) is 30.3 Å². The summed E-state index contributed by atoms with van der Waals surface area (Å²) in [5.74, 6) is 0.652. The lowest BCUT2D eigenvalue weighted by atomic mass is 9.96. The number of aromatic nitrogens is 1. The topological polar surface area (TPSA) is 79.1 Å². The maximum Gasteiger partial charge on any atom is 0.338 e. The average Bonchev–Trinajstić information content (AvgIpc) is 3.37. The van der Waals surface area contributed by atoms with Crippen LogP contribution in [0.1, 0.15) is 31.0 Å². The molecule has 0 spiro atoms. The third kappa shape index (κ3) is 3.75. The number of halogens is 1. The Morgan fingerprint density at radius 2 is 2.00 bits per heavy atom. The minimum Gasteiger partial charge on any atom is -0.463 e. The van der Waals surface area contributed by atoms with Crippen molar-refractivity contribution < 1.29 is 19.0 Å². The van der Waals surface area contributed by atoms with Gasteiger partial charge in [-0.2, -0.15) is 0 Å². The Morgan fingerprint density at radius 1 is 1.27 bits per heavy atom. The van der Waals surface area contributed by atoms with Gasteiger partial charge in [-0.05, 0) is 37.1 Å². The van der Waals surface area contributed by atoms with Crippen LogP contribution in [0.2, 0.25) is 5.02 Å². The van der Waals surface area contributed by atoms with Crippen molar-refractivity contribution in [3.8, 4) is 11.5 Å². The van der Waals surface area contributed by atoms with Gasteiger partial charge >= 0.3 is 5.97 Å². The summed E-state index contributed by atoms with van der Waals surface area (Å²) in [5.41, 5.74) is 2.03. The number of hydrogen-bond acceptors (Lipinski definition) is 7. The molecule has 1 aromatic heterocycles. The van der Waals surface area contributed by atoms with Crippen LogP contribution in [0.25, 0.3) is 6.08 Å². The highest BCUT2D eigenvalue weighted by molar-refractivity contribution is 7.07.